The van der Waals surface area contributed by atoms with Gasteiger partial charge in [0.1, 0.15) is 0 Å². The molecule has 118 valence electrons. The van der Waals surface area contributed by atoms with Crippen LogP contribution >= 0.6 is 11.6 Å². The first-order valence-corrected chi connectivity index (χ1v) is 8.17. The van der Waals surface area contributed by atoms with Crippen LogP contribution in [0.3, 0.4) is 0 Å². The maximum Gasteiger partial charge on any atom is 0.0946 e. The molecule has 1 aromatic carbocycles. The van der Waals surface area contributed by atoms with Crippen LogP contribution in [-0.4, -0.2) is 20.3 Å². The third-order valence-electron chi connectivity index (χ3n) is 4.75. The van der Waals surface area contributed by atoms with Crippen LogP contribution < -0.4 is 0 Å². The van der Waals surface area contributed by atoms with Crippen molar-refractivity contribution in [1.82, 2.24) is 9.55 Å². The van der Waals surface area contributed by atoms with Gasteiger partial charge in [-0.2, -0.15) is 0 Å². The highest BCUT2D eigenvalue weighted by atomic mass is 35.5. The molecule has 0 saturated heterocycles. The van der Waals surface area contributed by atoms with Gasteiger partial charge in [-0.1, -0.05) is 37.6 Å². The van der Waals surface area contributed by atoms with E-state index in [9.17, 15) is 5.11 Å². The molecule has 1 saturated carbocycles. The molecule has 2 aromatic rings. The lowest BCUT2D eigenvalue weighted by molar-refractivity contribution is -0.0177. The molecule has 0 bridgehead atoms. The molecule has 1 aliphatic carbocycles. The number of aliphatic hydroxyl groups is 1. The quantitative estimate of drug-likeness (QED) is 0.927. The second kappa shape index (κ2) is 5.71. The van der Waals surface area contributed by atoms with Gasteiger partial charge in [-0.15, -0.1) is 0 Å². The van der Waals surface area contributed by atoms with E-state index >= 15 is 0 Å². The lowest BCUT2D eigenvalue weighted by Gasteiger charge is -2.31. The molecular formula is C18H23ClN2O. The molecular weight excluding hydrogens is 296 g/mol. The SMILES string of the molecule is CC1(C)C[C@@H](Cc2ccc(Cl)cc2)[C@](O)(Cn2ccnc2)C1. The van der Waals surface area contributed by atoms with Crippen molar-refractivity contribution in [3.8, 4) is 0 Å². The fourth-order valence-corrected chi connectivity index (χ4v) is 4.08. The van der Waals surface area contributed by atoms with Gasteiger partial charge in [0.2, 0.25) is 0 Å². The second-order valence-corrected chi connectivity index (χ2v) is 7.85. The Kier molecular flexibility index (Phi) is 4.04. The van der Waals surface area contributed by atoms with Gasteiger partial charge >= 0.3 is 0 Å². The number of imidazole rings is 1. The van der Waals surface area contributed by atoms with E-state index in [1.807, 2.05) is 22.9 Å². The van der Waals surface area contributed by atoms with Crippen LogP contribution in [0, 0.1) is 11.3 Å². The lowest BCUT2D eigenvalue weighted by Crippen LogP contribution is -2.39. The summed E-state index contributed by atoms with van der Waals surface area (Å²) < 4.78 is 1.98. The van der Waals surface area contributed by atoms with Gasteiger partial charge in [-0.05, 0) is 48.3 Å². The molecule has 1 heterocycles. The highest BCUT2D eigenvalue weighted by molar-refractivity contribution is 6.30. The molecule has 0 radical (unpaired) electrons. The smallest absolute Gasteiger partial charge is 0.0946 e. The zero-order valence-electron chi connectivity index (χ0n) is 13.2. The Morgan fingerprint density at radius 1 is 1.32 bits per heavy atom. The first kappa shape index (κ1) is 15.6. The minimum Gasteiger partial charge on any atom is -0.388 e. The van der Waals surface area contributed by atoms with Gasteiger partial charge in [-0.25, -0.2) is 4.98 Å². The monoisotopic (exact) mass is 318 g/mol. The topological polar surface area (TPSA) is 38.0 Å². The molecule has 2 atom stereocenters. The fourth-order valence-electron chi connectivity index (χ4n) is 3.95. The number of aromatic nitrogens is 2. The molecule has 3 rings (SSSR count). The van der Waals surface area contributed by atoms with Crippen LogP contribution in [0.4, 0.5) is 0 Å². The number of hydrogen-bond donors (Lipinski definition) is 1. The normalized spacial score (nSPS) is 27.2. The highest BCUT2D eigenvalue weighted by Gasteiger charge is 2.49. The number of rotatable bonds is 4. The molecule has 1 aromatic heterocycles. The largest absolute Gasteiger partial charge is 0.388 e. The predicted octanol–water partition coefficient (Wildman–Crippen LogP) is 3.95. The van der Waals surface area contributed by atoms with Crippen molar-refractivity contribution in [3.63, 3.8) is 0 Å². The average Bonchev–Trinajstić information content (AvgIpc) is 2.99. The van der Waals surface area contributed by atoms with Crippen LogP contribution in [0.1, 0.15) is 32.3 Å². The van der Waals surface area contributed by atoms with Gasteiger partial charge in [0, 0.05) is 17.4 Å². The van der Waals surface area contributed by atoms with Crippen molar-refractivity contribution in [2.45, 2.75) is 45.3 Å². The van der Waals surface area contributed by atoms with Crippen molar-refractivity contribution >= 4 is 11.6 Å². The van der Waals surface area contributed by atoms with Crippen molar-refractivity contribution in [3.05, 3.63) is 53.6 Å². The Balaban J connectivity index is 1.81. The van der Waals surface area contributed by atoms with Gasteiger partial charge in [0.15, 0.2) is 0 Å². The summed E-state index contributed by atoms with van der Waals surface area (Å²) in [7, 11) is 0. The number of benzene rings is 1. The molecule has 0 unspecified atom stereocenters. The van der Waals surface area contributed by atoms with E-state index in [2.05, 4.69) is 31.0 Å². The minimum atomic E-state index is -0.691. The van der Waals surface area contributed by atoms with Crippen LogP contribution in [0.5, 0.6) is 0 Å². The van der Waals surface area contributed by atoms with Gasteiger partial charge in [-0.3, -0.25) is 0 Å². The summed E-state index contributed by atoms with van der Waals surface area (Å²) in [6.45, 7) is 5.09. The molecule has 1 N–H and O–H groups in total. The van der Waals surface area contributed by atoms with E-state index in [0.29, 0.717) is 6.54 Å². The van der Waals surface area contributed by atoms with E-state index in [0.717, 1.165) is 24.3 Å². The molecule has 0 aliphatic heterocycles. The summed E-state index contributed by atoms with van der Waals surface area (Å²) >= 11 is 5.96. The molecule has 1 aliphatic rings. The fraction of sp³-hybridized carbons (Fsp3) is 0.500. The summed E-state index contributed by atoms with van der Waals surface area (Å²) in [4.78, 5) is 4.09. The second-order valence-electron chi connectivity index (χ2n) is 7.41. The minimum absolute atomic E-state index is 0.159. The van der Waals surface area contributed by atoms with Crippen molar-refractivity contribution in [1.29, 1.82) is 0 Å². The van der Waals surface area contributed by atoms with Gasteiger partial charge in [0.25, 0.3) is 0 Å². The van der Waals surface area contributed by atoms with Crippen molar-refractivity contribution in [2.75, 3.05) is 0 Å². The van der Waals surface area contributed by atoms with Crippen molar-refractivity contribution < 1.29 is 5.11 Å². The third-order valence-corrected chi connectivity index (χ3v) is 5.01. The predicted molar refractivity (Wildman–Crippen MR) is 88.8 cm³/mol. The first-order chi connectivity index (χ1) is 10.4. The molecule has 0 spiro atoms. The molecule has 0 amide bonds. The molecule has 1 fully saturated rings. The Morgan fingerprint density at radius 3 is 2.68 bits per heavy atom. The summed E-state index contributed by atoms with van der Waals surface area (Å²) in [6.07, 6.45) is 8.19. The molecule has 22 heavy (non-hydrogen) atoms. The van der Waals surface area contributed by atoms with Crippen LogP contribution in [-0.2, 0) is 13.0 Å². The number of nitrogens with zero attached hydrogens (tertiary/aromatic N) is 2. The maximum atomic E-state index is 11.3. The maximum absolute atomic E-state index is 11.3. The van der Waals surface area contributed by atoms with E-state index < -0.39 is 5.60 Å². The Bertz CT molecular complexity index is 621. The Hall–Kier alpha value is -1.32. The zero-order valence-corrected chi connectivity index (χ0v) is 13.9. The lowest BCUT2D eigenvalue weighted by atomic mass is 9.85. The molecule has 4 heteroatoms. The van der Waals surface area contributed by atoms with E-state index in [1.54, 1.807) is 12.5 Å². The summed E-state index contributed by atoms with van der Waals surface area (Å²) in [5.74, 6) is 0.242. The summed E-state index contributed by atoms with van der Waals surface area (Å²) in [6, 6.07) is 7.97. The van der Waals surface area contributed by atoms with E-state index in [1.165, 1.54) is 5.56 Å². The Morgan fingerprint density at radius 2 is 2.05 bits per heavy atom. The van der Waals surface area contributed by atoms with E-state index in [4.69, 9.17) is 11.6 Å². The van der Waals surface area contributed by atoms with Crippen LogP contribution in [0.25, 0.3) is 0 Å². The highest BCUT2D eigenvalue weighted by Crippen LogP contribution is 2.49. The average molecular weight is 319 g/mol. The van der Waals surface area contributed by atoms with Crippen LogP contribution in [0.2, 0.25) is 5.02 Å². The van der Waals surface area contributed by atoms with Gasteiger partial charge in [0.05, 0.1) is 18.5 Å². The zero-order chi connectivity index (χ0) is 15.8. The Labute approximate surface area is 137 Å². The van der Waals surface area contributed by atoms with Crippen molar-refractivity contribution in [2.24, 2.45) is 11.3 Å². The summed E-state index contributed by atoms with van der Waals surface area (Å²) in [5, 5.41) is 12.1. The van der Waals surface area contributed by atoms with Gasteiger partial charge < -0.3 is 9.67 Å². The first-order valence-electron chi connectivity index (χ1n) is 7.79. The third kappa shape index (κ3) is 3.36. The molecule has 3 nitrogen and oxygen atoms in total. The number of hydrogen-bond acceptors (Lipinski definition) is 2. The standard InChI is InChI=1S/C18H23ClN2O/c1-17(2)10-15(9-14-3-5-16(19)6-4-14)18(22,11-17)12-21-8-7-20-13-21/h3-8,13,15,22H,9-12H2,1-2H3/t15-,18-/m1/s1. The number of halogens is 1. The van der Waals surface area contributed by atoms with Crippen LogP contribution in [0.15, 0.2) is 43.0 Å². The van der Waals surface area contributed by atoms with E-state index in [-0.39, 0.29) is 11.3 Å². The summed E-state index contributed by atoms with van der Waals surface area (Å²) in [5.41, 5.74) is 0.701.